The van der Waals surface area contributed by atoms with Crippen molar-refractivity contribution in [3.63, 3.8) is 0 Å². The summed E-state index contributed by atoms with van der Waals surface area (Å²) < 4.78 is 2.06. The van der Waals surface area contributed by atoms with Gasteiger partial charge in [0.2, 0.25) is 5.95 Å². The van der Waals surface area contributed by atoms with Crippen LogP contribution in [0, 0.1) is 6.92 Å². The lowest BCUT2D eigenvalue weighted by Gasteiger charge is -2.12. The number of rotatable bonds is 3. The Morgan fingerprint density at radius 1 is 1.10 bits per heavy atom. The number of imidazole rings is 1. The van der Waals surface area contributed by atoms with E-state index in [-0.39, 0.29) is 0 Å². The van der Waals surface area contributed by atoms with Gasteiger partial charge < -0.3 is 5.73 Å². The molecule has 0 unspecified atom stereocenters. The average Bonchev–Trinajstić information content (AvgIpc) is 2.78. The monoisotopic (exact) mass is 265 g/mol. The number of para-hydroxylation sites is 2. The van der Waals surface area contributed by atoms with Crippen LogP contribution >= 0.6 is 0 Å². The topological polar surface area (TPSA) is 43.8 Å². The van der Waals surface area contributed by atoms with E-state index in [0.29, 0.717) is 5.95 Å². The van der Waals surface area contributed by atoms with Crippen molar-refractivity contribution < 1.29 is 0 Å². The van der Waals surface area contributed by atoms with Gasteiger partial charge in [-0.15, -0.1) is 0 Å². The molecule has 0 radical (unpaired) electrons. The Morgan fingerprint density at radius 2 is 1.90 bits per heavy atom. The third kappa shape index (κ3) is 1.95. The van der Waals surface area contributed by atoms with Crippen molar-refractivity contribution in [3.8, 4) is 5.69 Å². The number of nitrogens with zero attached hydrogens (tertiary/aromatic N) is 2. The molecule has 0 atom stereocenters. The minimum Gasteiger partial charge on any atom is -0.369 e. The van der Waals surface area contributed by atoms with E-state index in [1.165, 1.54) is 5.56 Å². The normalized spacial score (nSPS) is 11.1. The SMILES string of the molecule is CCCc1ccccc1-n1c(N)nc2c(C)cccc21. The minimum absolute atomic E-state index is 0.554. The highest BCUT2D eigenvalue weighted by Gasteiger charge is 2.13. The molecule has 20 heavy (non-hydrogen) atoms. The molecule has 0 amide bonds. The number of hydrogen-bond acceptors (Lipinski definition) is 2. The van der Waals surface area contributed by atoms with Gasteiger partial charge in [0, 0.05) is 0 Å². The second kappa shape index (κ2) is 5.00. The molecular weight excluding hydrogens is 246 g/mol. The molecule has 0 saturated heterocycles. The highest BCUT2D eigenvalue weighted by molar-refractivity contribution is 5.83. The van der Waals surface area contributed by atoms with E-state index < -0.39 is 0 Å². The lowest BCUT2D eigenvalue weighted by Crippen LogP contribution is -2.03. The number of anilines is 1. The molecule has 3 rings (SSSR count). The Kier molecular flexibility index (Phi) is 3.18. The van der Waals surface area contributed by atoms with E-state index in [9.17, 15) is 0 Å². The molecule has 2 aromatic carbocycles. The quantitative estimate of drug-likeness (QED) is 0.781. The molecule has 0 aliphatic rings. The summed E-state index contributed by atoms with van der Waals surface area (Å²) in [6.07, 6.45) is 2.16. The molecule has 102 valence electrons. The molecule has 3 aromatic rings. The summed E-state index contributed by atoms with van der Waals surface area (Å²) in [5.74, 6) is 0.554. The summed E-state index contributed by atoms with van der Waals surface area (Å²) in [5.41, 5.74) is 11.8. The predicted molar refractivity (Wildman–Crippen MR) is 84.2 cm³/mol. The average molecular weight is 265 g/mol. The second-order valence-corrected chi connectivity index (χ2v) is 5.13. The van der Waals surface area contributed by atoms with E-state index in [0.717, 1.165) is 35.1 Å². The Morgan fingerprint density at radius 3 is 2.70 bits per heavy atom. The number of aromatic nitrogens is 2. The van der Waals surface area contributed by atoms with Crippen molar-refractivity contribution in [2.75, 3.05) is 5.73 Å². The zero-order valence-corrected chi connectivity index (χ0v) is 11.9. The Labute approximate surface area is 119 Å². The molecule has 0 saturated carbocycles. The Balaban J connectivity index is 2.30. The fourth-order valence-electron chi connectivity index (χ4n) is 2.72. The first-order valence-corrected chi connectivity index (χ1v) is 7.04. The van der Waals surface area contributed by atoms with Crippen molar-refractivity contribution >= 4 is 17.0 Å². The number of aryl methyl sites for hydroxylation is 2. The van der Waals surface area contributed by atoms with Gasteiger partial charge in [-0.2, -0.15) is 0 Å². The number of nitrogens with two attached hydrogens (primary N) is 1. The standard InChI is InChI=1S/C17H19N3/c1-3-7-13-9-4-5-10-14(13)20-15-11-6-8-12(2)16(15)19-17(20)18/h4-6,8-11H,3,7H2,1-2H3,(H2,18,19). The van der Waals surface area contributed by atoms with E-state index in [2.05, 4.69) is 65.9 Å². The van der Waals surface area contributed by atoms with E-state index in [1.54, 1.807) is 0 Å². The van der Waals surface area contributed by atoms with Crippen molar-refractivity contribution in [2.45, 2.75) is 26.7 Å². The number of benzene rings is 2. The minimum atomic E-state index is 0.554. The molecule has 0 aliphatic heterocycles. The molecule has 1 heterocycles. The van der Waals surface area contributed by atoms with Crippen molar-refractivity contribution in [3.05, 3.63) is 53.6 Å². The van der Waals surface area contributed by atoms with Crippen LogP contribution in [0.5, 0.6) is 0 Å². The van der Waals surface area contributed by atoms with Gasteiger partial charge in [0.1, 0.15) is 0 Å². The van der Waals surface area contributed by atoms with Gasteiger partial charge in [0.05, 0.1) is 16.7 Å². The Hall–Kier alpha value is -2.29. The molecule has 1 aromatic heterocycles. The molecule has 0 fully saturated rings. The number of nitrogen functional groups attached to an aromatic ring is 1. The lowest BCUT2D eigenvalue weighted by atomic mass is 10.1. The highest BCUT2D eigenvalue weighted by Crippen LogP contribution is 2.27. The largest absolute Gasteiger partial charge is 0.369 e. The molecule has 0 aliphatic carbocycles. The molecule has 0 spiro atoms. The van der Waals surface area contributed by atoms with Crippen LogP contribution < -0.4 is 5.73 Å². The summed E-state index contributed by atoms with van der Waals surface area (Å²) in [6, 6.07) is 14.6. The fourth-order valence-corrected chi connectivity index (χ4v) is 2.72. The van der Waals surface area contributed by atoms with Crippen LogP contribution in [0.2, 0.25) is 0 Å². The van der Waals surface area contributed by atoms with Crippen LogP contribution in [0.4, 0.5) is 5.95 Å². The van der Waals surface area contributed by atoms with Gasteiger partial charge >= 0.3 is 0 Å². The second-order valence-electron chi connectivity index (χ2n) is 5.13. The summed E-state index contributed by atoms with van der Waals surface area (Å²) in [6.45, 7) is 4.26. The predicted octanol–water partition coefficient (Wildman–Crippen LogP) is 3.87. The molecular formula is C17H19N3. The van der Waals surface area contributed by atoms with E-state index in [4.69, 9.17) is 5.73 Å². The van der Waals surface area contributed by atoms with Crippen molar-refractivity contribution in [1.29, 1.82) is 0 Å². The van der Waals surface area contributed by atoms with Gasteiger partial charge in [-0.3, -0.25) is 4.57 Å². The maximum atomic E-state index is 6.17. The number of fused-ring (bicyclic) bond motifs is 1. The van der Waals surface area contributed by atoms with E-state index >= 15 is 0 Å². The van der Waals surface area contributed by atoms with Crippen LogP contribution in [-0.2, 0) is 6.42 Å². The summed E-state index contributed by atoms with van der Waals surface area (Å²) in [7, 11) is 0. The van der Waals surface area contributed by atoms with Gasteiger partial charge in [0.15, 0.2) is 0 Å². The summed E-state index contributed by atoms with van der Waals surface area (Å²) in [4.78, 5) is 4.53. The lowest BCUT2D eigenvalue weighted by molar-refractivity contribution is 0.905. The molecule has 3 nitrogen and oxygen atoms in total. The van der Waals surface area contributed by atoms with Crippen LogP contribution in [0.15, 0.2) is 42.5 Å². The smallest absolute Gasteiger partial charge is 0.205 e. The molecule has 3 heteroatoms. The number of hydrogen-bond donors (Lipinski definition) is 1. The zero-order chi connectivity index (χ0) is 14.1. The van der Waals surface area contributed by atoms with Crippen LogP contribution in [0.25, 0.3) is 16.7 Å². The van der Waals surface area contributed by atoms with Gasteiger partial charge in [-0.05, 0) is 36.6 Å². The molecule has 2 N–H and O–H groups in total. The maximum absolute atomic E-state index is 6.17. The van der Waals surface area contributed by atoms with Crippen LogP contribution in [0.3, 0.4) is 0 Å². The highest BCUT2D eigenvalue weighted by atomic mass is 15.2. The van der Waals surface area contributed by atoms with Crippen molar-refractivity contribution in [2.24, 2.45) is 0 Å². The third-order valence-corrected chi connectivity index (χ3v) is 3.66. The van der Waals surface area contributed by atoms with E-state index in [1.807, 2.05) is 0 Å². The fraction of sp³-hybridized carbons (Fsp3) is 0.235. The Bertz CT molecular complexity index is 756. The third-order valence-electron chi connectivity index (χ3n) is 3.66. The van der Waals surface area contributed by atoms with Crippen LogP contribution in [0.1, 0.15) is 24.5 Å². The summed E-state index contributed by atoms with van der Waals surface area (Å²) in [5, 5.41) is 0. The first kappa shape index (κ1) is 12.7. The first-order valence-electron chi connectivity index (χ1n) is 7.04. The maximum Gasteiger partial charge on any atom is 0.205 e. The van der Waals surface area contributed by atoms with Gasteiger partial charge in [-0.1, -0.05) is 43.7 Å². The van der Waals surface area contributed by atoms with Crippen molar-refractivity contribution in [1.82, 2.24) is 9.55 Å². The van der Waals surface area contributed by atoms with Gasteiger partial charge in [-0.25, -0.2) is 4.98 Å². The first-order chi connectivity index (χ1) is 9.72. The molecule has 0 bridgehead atoms. The van der Waals surface area contributed by atoms with Crippen LogP contribution in [-0.4, -0.2) is 9.55 Å². The zero-order valence-electron chi connectivity index (χ0n) is 11.9. The van der Waals surface area contributed by atoms with Gasteiger partial charge in [0.25, 0.3) is 0 Å². The summed E-state index contributed by atoms with van der Waals surface area (Å²) >= 11 is 0.